The van der Waals surface area contributed by atoms with E-state index in [9.17, 15) is 4.79 Å². The molecule has 0 bridgehead atoms. The lowest BCUT2D eigenvalue weighted by molar-refractivity contribution is -0.122. The molecule has 1 unspecified atom stereocenters. The van der Waals surface area contributed by atoms with E-state index < -0.39 is 0 Å². The molecule has 0 rings (SSSR count). The summed E-state index contributed by atoms with van der Waals surface area (Å²) in [6.07, 6.45) is 1.63. The fraction of sp³-hybridized carbons (Fsp3) is 0.900. The van der Waals surface area contributed by atoms with Crippen molar-refractivity contribution in [1.82, 2.24) is 5.32 Å². The molecule has 12 heavy (non-hydrogen) atoms. The number of nitrogens with one attached hydrogen (secondary N) is 1. The smallest absolute Gasteiger partial charge is 0.135 e. The van der Waals surface area contributed by atoms with Gasteiger partial charge < -0.3 is 5.32 Å². The summed E-state index contributed by atoms with van der Waals surface area (Å²) in [7, 11) is 0. The summed E-state index contributed by atoms with van der Waals surface area (Å²) in [5.74, 6) is 0.599. The van der Waals surface area contributed by atoms with Crippen molar-refractivity contribution in [3.63, 3.8) is 0 Å². The van der Waals surface area contributed by atoms with Crippen LogP contribution in [0.15, 0.2) is 0 Å². The van der Waals surface area contributed by atoms with Gasteiger partial charge >= 0.3 is 0 Å². The summed E-state index contributed by atoms with van der Waals surface area (Å²) in [5.41, 5.74) is 0. The Balaban J connectivity index is 3.43. The molecule has 0 aromatic heterocycles. The summed E-state index contributed by atoms with van der Waals surface area (Å²) in [6.45, 7) is 9.12. The number of rotatable bonds is 6. The third-order valence-corrected chi connectivity index (χ3v) is 2.03. The lowest BCUT2D eigenvalue weighted by atomic mass is 10.0. The second-order valence-electron chi connectivity index (χ2n) is 3.62. The SMILES string of the molecule is CCC(=O)C(C)CCNC(C)C. The zero-order valence-electron chi connectivity index (χ0n) is 8.68. The van der Waals surface area contributed by atoms with Gasteiger partial charge in [-0.25, -0.2) is 0 Å². The van der Waals surface area contributed by atoms with Crippen molar-refractivity contribution < 1.29 is 4.79 Å². The molecule has 1 N–H and O–H groups in total. The number of hydrogen-bond donors (Lipinski definition) is 1. The molecular formula is C10H21NO. The van der Waals surface area contributed by atoms with Gasteiger partial charge in [-0.15, -0.1) is 0 Å². The van der Waals surface area contributed by atoms with Gasteiger partial charge in [0.2, 0.25) is 0 Å². The first-order valence-electron chi connectivity index (χ1n) is 4.84. The van der Waals surface area contributed by atoms with E-state index in [0.29, 0.717) is 18.2 Å². The number of carbonyl (C=O) groups excluding carboxylic acids is 1. The first kappa shape index (κ1) is 11.6. The zero-order valence-corrected chi connectivity index (χ0v) is 8.68. The minimum atomic E-state index is 0.223. The highest BCUT2D eigenvalue weighted by Gasteiger charge is 2.09. The molecule has 0 spiro atoms. The van der Waals surface area contributed by atoms with E-state index in [1.165, 1.54) is 0 Å². The number of ketones is 1. The van der Waals surface area contributed by atoms with Crippen LogP contribution < -0.4 is 5.32 Å². The topological polar surface area (TPSA) is 29.1 Å². The van der Waals surface area contributed by atoms with E-state index in [2.05, 4.69) is 19.2 Å². The van der Waals surface area contributed by atoms with Crippen LogP contribution in [0.3, 0.4) is 0 Å². The molecule has 0 fully saturated rings. The minimum Gasteiger partial charge on any atom is -0.315 e. The van der Waals surface area contributed by atoms with Crippen molar-refractivity contribution >= 4 is 5.78 Å². The molecule has 0 saturated heterocycles. The highest BCUT2D eigenvalue weighted by molar-refractivity contribution is 5.80. The van der Waals surface area contributed by atoms with Crippen LogP contribution in [0.4, 0.5) is 0 Å². The molecule has 2 nitrogen and oxygen atoms in total. The molecule has 2 heteroatoms. The maximum Gasteiger partial charge on any atom is 0.135 e. The monoisotopic (exact) mass is 171 g/mol. The predicted octanol–water partition coefficient (Wildman–Crippen LogP) is 1.99. The van der Waals surface area contributed by atoms with Gasteiger partial charge in [0.15, 0.2) is 0 Å². The second-order valence-corrected chi connectivity index (χ2v) is 3.62. The summed E-state index contributed by atoms with van der Waals surface area (Å²) < 4.78 is 0. The molecule has 0 radical (unpaired) electrons. The zero-order chi connectivity index (χ0) is 9.56. The number of carbonyl (C=O) groups is 1. The maximum absolute atomic E-state index is 11.2. The Morgan fingerprint density at radius 1 is 1.33 bits per heavy atom. The van der Waals surface area contributed by atoms with Crippen LogP contribution >= 0.6 is 0 Å². The van der Waals surface area contributed by atoms with E-state index in [4.69, 9.17) is 0 Å². The van der Waals surface area contributed by atoms with Crippen LogP contribution in [-0.2, 0) is 4.79 Å². The van der Waals surface area contributed by atoms with E-state index in [1.54, 1.807) is 0 Å². The molecule has 0 aromatic rings. The molecular weight excluding hydrogens is 150 g/mol. The van der Waals surface area contributed by atoms with Gasteiger partial charge in [-0.2, -0.15) is 0 Å². The third kappa shape index (κ3) is 5.30. The number of hydrogen-bond acceptors (Lipinski definition) is 2. The van der Waals surface area contributed by atoms with Gasteiger partial charge in [0.1, 0.15) is 5.78 Å². The van der Waals surface area contributed by atoms with Crippen molar-refractivity contribution in [2.24, 2.45) is 5.92 Å². The normalized spacial score (nSPS) is 13.4. The summed E-state index contributed by atoms with van der Waals surface area (Å²) >= 11 is 0. The average molecular weight is 171 g/mol. The molecule has 0 saturated carbocycles. The van der Waals surface area contributed by atoms with Crippen LogP contribution in [0, 0.1) is 5.92 Å². The van der Waals surface area contributed by atoms with E-state index in [0.717, 1.165) is 13.0 Å². The Morgan fingerprint density at radius 3 is 2.33 bits per heavy atom. The van der Waals surface area contributed by atoms with Gasteiger partial charge in [-0.1, -0.05) is 27.7 Å². The molecule has 1 atom stereocenters. The van der Waals surface area contributed by atoms with Crippen LogP contribution in [-0.4, -0.2) is 18.4 Å². The molecule has 0 aliphatic heterocycles. The molecule has 0 aliphatic rings. The Morgan fingerprint density at radius 2 is 1.92 bits per heavy atom. The average Bonchev–Trinajstić information content (AvgIpc) is 2.02. The van der Waals surface area contributed by atoms with Crippen LogP contribution in [0.25, 0.3) is 0 Å². The highest BCUT2D eigenvalue weighted by Crippen LogP contribution is 2.04. The molecule has 0 amide bonds. The van der Waals surface area contributed by atoms with Gasteiger partial charge in [0, 0.05) is 18.4 Å². The van der Waals surface area contributed by atoms with E-state index >= 15 is 0 Å². The molecule has 0 aliphatic carbocycles. The summed E-state index contributed by atoms with van der Waals surface area (Å²) in [4.78, 5) is 11.2. The quantitative estimate of drug-likeness (QED) is 0.662. The third-order valence-electron chi connectivity index (χ3n) is 2.03. The predicted molar refractivity (Wildman–Crippen MR) is 52.2 cm³/mol. The lowest BCUT2D eigenvalue weighted by Crippen LogP contribution is -2.26. The Bertz CT molecular complexity index is 132. The van der Waals surface area contributed by atoms with Gasteiger partial charge in [0.05, 0.1) is 0 Å². The van der Waals surface area contributed by atoms with Crippen molar-refractivity contribution in [3.8, 4) is 0 Å². The second kappa shape index (κ2) is 6.18. The van der Waals surface area contributed by atoms with Crippen molar-refractivity contribution in [1.29, 1.82) is 0 Å². The first-order chi connectivity index (χ1) is 5.57. The van der Waals surface area contributed by atoms with Crippen LogP contribution in [0.5, 0.6) is 0 Å². The minimum absolute atomic E-state index is 0.223. The largest absolute Gasteiger partial charge is 0.315 e. The lowest BCUT2D eigenvalue weighted by Gasteiger charge is -2.11. The van der Waals surface area contributed by atoms with Crippen molar-refractivity contribution in [3.05, 3.63) is 0 Å². The van der Waals surface area contributed by atoms with Gasteiger partial charge in [-0.3, -0.25) is 4.79 Å². The van der Waals surface area contributed by atoms with E-state index in [1.807, 2.05) is 13.8 Å². The first-order valence-corrected chi connectivity index (χ1v) is 4.84. The fourth-order valence-corrected chi connectivity index (χ4v) is 1.10. The number of Topliss-reactive ketones (excluding diaryl/α,β-unsaturated/α-hetero) is 1. The highest BCUT2D eigenvalue weighted by atomic mass is 16.1. The van der Waals surface area contributed by atoms with Crippen LogP contribution in [0.1, 0.15) is 40.5 Å². The Labute approximate surface area is 75.7 Å². The molecule has 0 heterocycles. The van der Waals surface area contributed by atoms with Crippen molar-refractivity contribution in [2.45, 2.75) is 46.6 Å². The fourth-order valence-electron chi connectivity index (χ4n) is 1.10. The van der Waals surface area contributed by atoms with Gasteiger partial charge in [0.25, 0.3) is 0 Å². The summed E-state index contributed by atoms with van der Waals surface area (Å²) in [5, 5.41) is 3.30. The molecule has 0 aromatic carbocycles. The summed E-state index contributed by atoms with van der Waals surface area (Å²) in [6, 6.07) is 0.522. The van der Waals surface area contributed by atoms with Gasteiger partial charge in [-0.05, 0) is 13.0 Å². The van der Waals surface area contributed by atoms with Crippen molar-refractivity contribution in [2.75, 3.05) is 6.54 Å². The molecule has 72 valence electrons. The standard InChI is InChI=1S/C10H21NO/c1-5-10(12)9(4)6-7-11-8(2)3/h8-9,11H,5-7H2,1-4H3. The van der Waals surface area contributed by atoms with Crippen LogP contribution in [0.2, 0.25) is 0 Å². The van der Waals surface area contributed by atoms with E-state index in [-0.39, 0.29) is 5.92 Å². The Hall–Kier alpha value is -0.370. The Kier molecular flexibility index (Phi) is 5.99. The maximum atomic E-state index is 11.2.